The van der Waals surface area contributed by atoms with Crippen LogP contribution in [0.15, 0.2) is 47.2 Å². The molecule has 5 nitrogen and oxygen atoms in total. The minimum atomic E-state index is -0.312. The summed E-state index contributed by atoms with van der Waals surface area (Å²) in [5, 5.41) is 16.9. The molecule has 0 atom stereocenters. The van der Waals surface area contributed by atoms with Gasteiger partial charge in [0.1, 0.15) is 5.75 Å². The van der Waals surface area contributed by atoms with Gasteiger partial charge in [0.05, 0.1) is 23.7 Å². The van der Waals surface area contributed by atoms with Gasteiger partial charge in [-0.15, -0.1) is 0 Å². The van der Waals surface area contributed by atoms with E-state index in [0.717, 1.165) is 0 Å². The van der Waals surface area contributed by atoms with Crippen LogP contribution in [0, 0.1) is 0 Å². The van der Waals surface area contributed by atoms with E-state index >= 15 is 0 Å². The lowest BCUT2D eigenvalue weighted by atomic mass is 10.0. The molecule has 2 aromatic heterocycles. The molecule has 0 spiro atoms. The average molecular weight is 289 g/mol. The van der Waals surface area contributed by atoms with Gasteiger partial charge in [-0.1, -0.05) is 11.6 Å². The predicted octanol–water partition coefficient (Wildman–Crippen LogP) is 3.26. The first-order valence-corrected chi connectivity index (χ1v) is 6.15. The summed E-state index contributed by atoms with van der Waals surface area (Å²) in [5.74, 6) is -0.135. The molecular formula is C14H9ClN2O3. The Morgan fingerprint density at radius 2 is 2.20 bits per heavy atom. The van der Waals surface area contributed by atoms with Gasteiger partial charge in [-0.2, -0.15) is 5.10 Å². The molecule has 0 amide bonds. The van der Waals surface area contributed by atoms with Crippen molar-refractivity contribution >= 4 is 17.4 Å². The molecule has 0 radical (unpaired) electrons. The Balaban J connectivity index is 2.08. The number of halogens is 1. The van der Waals surface area contributed by atoms with Gasteiger partial charge in [-0.25, -0.2) is 0 Å². The van der Waals surface area contributed by atoms with Crippen LogP contribution in [0.25, 0.3) is 11.3 Å². The maximum Gasteiger partial charge on any atom is 0.231 e. The molecule has 20 heavy (non-hydrogen) atoms. The molecule has 0 unspecified atom stereocenters. The minimum Gasteiger partial charge on any atom is -0.507 e. The highest BCUT2D eigenvalue weighted by molar-refractivity contribution is 6.30. The van der Waals surface area contributed by atoms with Crippen LogP contribution in [0.4, 0.5) is 0 Å². The number of aromatic amines is 1. The first-order valence-electron chi connectivity index (χ1n) is 5.77. The van der Waals surface area contributed by atoms with Crippen molar-refractivity contribution in [3.05, 3.63) is 59.1 Å². The maximum absolute atomic E-state index is 12.3. The third-order valence-electron chi connectivity index (χ3n) is 2.86. The molecule has 3 aromatic rings. The largest absolute Gasteiger partial charge is 0.507 e. The van der Waals surface area contributed by atoms with E-state index < -0.39 is 0 Å². The van der Waals surface area contributed by atoms with E-state index in [9.17, 15) is 9.90 Å². The van der Waals surface area contributed by atoms with E-state index in [2.05, 4.69) is 10.2 Å². The van der Waals surface area contributed by atoms with E-state index in [0.29, 0.717) is 21.8 Å². The number of nitrogens with one attached hydrogen (secondary N) is 1. The predicted molar refractivity (Wildman–Crippen MR) is 72.8 cm³/mol. The second kappa shape index (κ2) is 4.86. The Bertz CT molecular complexity index is 763. The van der Waals surface area contributed by atoms with Crippen molar-refractivity contribution < 1.29 is 14.3 Å². The normalized spacial score (nSPS) is 10.7. The van der Waals surface area contributed by atoms with E-state index in [1.807, 2.05) is 0 Å². The van der Waals surface area contributed by atoms with Crippen LogP contribution in [-0.4, -0.2) is 21.1 Å². The SMILES string of the molecule is O=C(c1ccco1)c1cn[nH]c1-c1ccc(Cl)cc1O. The highest BCUT2D eigenvalue weighted by Gasteiger charge is 2.20. The van der Waals surface area contributed by atoms with Crippen molar-refractivity contribution in [3.8, 4) is 17.0 Å². The van der Waals surface area contributed by atoms with Gasteiger partial charge in [0.25, 0.3) is 0 Å². The smallest absolute Gasteiger partial charge is 0.231 e. The number of benzene rings is 1. The summed E-state index contributed by atoms with van der Waals surface area (Å²) >= 11 is 5.79. The van der Waals surface area contributed by atoms with Crippen molar-refractivity contribution in [2.24, 2.45) is 0 Å². The third-order valence-corrected chi connectivity index (χ3v) is 3.09. The average Bonchev–Trinajstić information content (AvgIpc) is 3.09. The second-order valence-corrected chi connectivity index (χ2v) is 4.56. The summed E-state index contributed by atoms with van der Waals surface area (Å²) in [5.41, 5.74) is 1.18. The second-order valence-electron chi connectivity index (χ2n) is 4.13. The fourth-order valence-electron chi connectivity index (χ4n) is 1.92. The topological polar surface area (TPSA) is 79.1 Å². The number of ketones is 1. The standard InChI is InChI=1S/C14H9ClN2O3/c15-8-3-4-9(11(18)6-8)13-10(7-16-17-13)14(19)12-2-1-5-20-12/h1-7,18H,(H,16,17). The number of rotatable bonds is 3. The van der Waals surface area contributed by atoms with Crippen LogP contribution in [-0.2, 0) is 0 Å². The lowest BCUT2D eigenvalue weighted by Crippen LogP contribution is -2.00. The van der Waals surface area contributed by atoms with Gasteiger partial charge in [-0.05, 0) is 30.3 Å². The molecule has 6 heteroatoms. The zero-order chi connectivity index (χ0) is 14.1. The molecule has 0 aliphatic heterocycles. The van der Waals surface area contributed by atoms with Gasteiger partial charge in [0, 0.05) is 10.6 Å². The van der Waals surface area contributed by atoms with Crippen molar-refractivity contribution in [3.63, 3.8) is 0 Å². The Morgan fingerprint density at radius 3 is 2.90 bits per heavy atom. The van der Waals surface area contributed by atoms with E-state index in [-0.39, 0.29) is 17.3 Å². The Morgan fingerprint density at radius 1 is 1.35 bits per heavy atom. The molecular weight excluding hydrogens is 280 g/mol. The fraction of sp³-hybridized carbons (Fsp3) is 0. The van der Waals surface area contributed by atoms with E-state index in [1.165, 1.54) is 18.5 Å². The Hall–Kier alpha value is -2.53. The van der Waals surface area contributed by atoms with Crippen LogP contribution in [0.3, 0.4) is 0 Å². The molecule has 0 aliphatic rings. The number of nitrogens with zero attached hydrogens (tertiary/aromatic N) is 1. The molecule has 0 saturated heterocycles. The number of carbonyl (C=O) groups is 1. The summed E-state index contributed by atoms with van der Waals surface area (Å²) in [6, 6.07) is 7.84. The molecule has 0 aliphatic carbocycles. The Kier molecular flexibility index (Phi) is 3.04. The lowest BCUT2D eigenvalue weighted by Gasteiger charge is -2.04. The molecule has 2 heterocycles. The number of furan rings is 1. The molecule has 100 valence electrons. The van der Waals surface area contributed by atoms with Gasteiger partial charge in [-0.3, -0.25) is 9.89 Å². The maximum atomic E-state index is 12.3. The highest BCUT2D eigenvalue weighted by Crippen LogP contribution is 2.32. The van der Waals surface area contributed by atoms with Crippen molar-refractivity contribution in [2.45, 2.75) is 0 Å². The van der Waals surface area contributed by atoms with Gasteiger partial charge in [0.15, 0.2) is 5.76 Å². The number of H-pyrrole nitrogens is 1. The Labute approximate surface area is 118 Å². The first kappa shape index (κ1) is 12.5. The summed E-state index contributed by atoms with van der Waals surface area (Å²) in [7, 11) is 0. The summed E-state index contributed by atoms with van der Waals surface area (Å²) in [4.78, 5) is 12.3. The van der Waals surface area contributed by atoms with Crippen molar-refractivity contribution in [2.75, 3.05) is 0 Å². The first-order chi connectivity index (χ1) is 9.66. The van der Waals surface area contributed by atoms with Crippen LogP contribution in [0.1, 0.15) is 16.1 Å². The van der Waals surface area contributed by atoms with Crippen molar-refractivity contribution in [1.82, 2.24) is 10.2 Å². The number of hydrogen-bond acceptors (Lipinski definition) is 4. The summed E-state index contributed by atoms with van der Waals surface area (Å²) in [6.07, 6.45) is 2.82. The van der Waals surface area contributed by atoms with Crippen LogP contribution in [0.5, 0.6) is 5.75 Å². The molecule has 2 N–H and O–H groups in total. The van der Waals surface area contributed by atoms with Crippen LogP contribution in [0.2, 0.25) is 5.02 Å². The van der Waals surface area contributed by atoms with E-state index in [4.69, 9.17) is 16.0 Å². The number of phenolic OH excluding ortho intramolecular Hbond substituents is 1. The minimum absolute atomic E-state index is 0.0322. The molecule has 3 rings (SSSR count). The number of hydrogen-bond donors (Lipinski definition) is 2. The zero-order valence-corrected chi connectivity index (χ0v) is 10.9. The fourth-order valence-corrected chi connectivity index (χ4v) is 2.09. The van der Waals surface area contributed by atoms with Gasteiger partial charge < -0.3 is 9.52 Å². The number of phenols is 1. The van der Waals surface area contributed by atoms with E-state index in [1.54, 1.807) is 24.3 Å². The number of aromatic nitrogens is 2. The van der Waals surface area contributed by atoms with Gasteiger partial charge >= 0.3 is 0 Å². The summed E-state index contributed by atoms with van der Waals surface area (Å²) in [6.45, 7) is 0. The molecule has 0 bridgehead atoms. The lowest BCUT2D eigenvalue weighted by molar-refractivity contribution is 0.101. The molecule has 1 aromatic carbocycles. The van der Waals surface area contributed by atoms with Crippen LogP contribution >= 0.6 is 11.6 Å². The zero-order valence-electron chi connectivity index (χ0n) is 10.1. The van der Waals surface area contributed by atoms with Gasteiger partial charge in [0.2, 0.25) is 5.78 Å². The third kappa shape index (κ3) is 2.08. The monoisotopic (exact) mass is 288 g/mol. The van der Waals surface area contributed by atoms with Crippen molar-refractivity contribution in [1.29, 1.82) is 0 Å². The quantitative estimate of drug-likeness (QED) is 0.725. The summed E-state index contributed by atoms with van der Waals surface area (Å²) < 4.78 is 5.08. The highest BCUT2D eigenvalue weighted by atomic mass is 35.5. The molecule has 0 saturated carbocycles. The number of carbonyl (C=O) groups excluding carboxylic acids is 1. The number of aromatic hydroxyl groups is 1. The van der Waals surface area contributed by atoms with Crippen LogP contribution < -0.4 is 0 Å². The molecule has 0 fully saturated rings.